The van der Waals surface area contributed by atoms with E-state index in [4.69, 9.17) is 33.2 Å². The monoisotopic (exact) mass is 479 g/mol. The lowest BCUT2D eigenvalue weighted by molar-refractivity contribution is -0.526. The SMILES string of the molecule is N#Cc1ccc(OCC2=C(c3cccnc3)CC(c3ccc(Cl)cc3Cl)C([N+](=O)[O-])C2)cc1. The summed E-state index contributed by atoms with van der Waals surface area (Å²) in [5.41, 5.74) is 3.94. The van der Waals surface area contributed by atoms with E-state index >= 15 is 0 Å². The van der Waals surface area contributed by atoms with Crippen molar-refractivity contribution in [2.24, 2.45) is 0 Å². The van der Waals surface area contributed by atoms with Gasteiger partial charge < -0.3 is 4.74 Å². The zero-order valence-corrected chi connectivity index (χ0v) is 19.0. The van der Waals surface area contributed by atoms with Crippen LogP contribution in [0.4, 0.5) is 0 Å². The van der Waals surface area contributed by atoms with Crippen molar-refractivity contribution in [3.63, 3.8) is 0 Å². The van der Waals surface area contributed by atoms with Crippen molar-refractivity contribution in [3.05, 3.63) is 109 Å². The number of hydrogen-bond donors (Lipinski definition) is 0. The van der Waals surface area contributed by atoms with Crippen LogP contribution < -0.4 is 4.74 Å². The Bertz CT molecular complexity index is 1240. The van der Waals surface area contributed by atoms with Crippen LogP contribution in [-0.4, -0.2) is 22.6 Å². The van der Waals surface area contributed by atoms with Gasteiger partial charge in [-0.25, -0.2) is 0 Å². The van der Waals surface area contributed by atoms with Crippen LogP contribution in [0.5, 0.6) is 5.75 Å². The van der Waals surface area contributed by atoms with Crippen LogP contribution in [-0.2, 0) is 0 Å². The van der Waals surface area contributed by atoms with Crippen molar-refractivity contribution >= 4 is 28.8 Å². The summed E-state index contributed by atoms with van der Waals surface area (Å²) in [4.78, 5) is 16.1. The Labute approximate surface area is 201 Å². The Morgan fingerprint density at radius 3 is 2.58 bits per heavy atom. The molecule has 4 rings (SSSR count). The largest absolute Gasteiger partial charge is 0.489 e. The molecule has 1 heterocycles. The third kappa shape index (κ3) is 5.16. The van der Waals surface area contributed by atoms with Gasteiger partial charge in [0, 0.05) is 33.8 Å². The number of nitriles is 1. The summed E-state index contributed by atoms with van der Waals surface area (Å²) in [5, 5.41) is 22.0. The molecule has 2 unspecified atom stereocenters. The van der Waals surface area contributed by atoms with Crippen LogP contribution in [0.3, 0.4) is 0 Å². The molecule has 1 aliphatic carbocycles. The molecule has 0 amide bonds. The molecule has 0 fully saturated rings. The van der Waals surface area contributed by atoms with E-state index in [1.807, 2.05) is 12.1 Å². The van der Waals surface area contributed by atoms with Gasteiger partial charge in [0.1, 0.15) is 12.4 Å². The van der Waals surface area contributed by atoms with Crippen LogP contribution in [0.1, 0.15) is 35.4 Å². The van der Waals surface area contributed by atoms with E-state index in [1.165, 1.54) is 0 Å². The van der Waals surface area contributed by atoms with E-state index in [0.717, 1.165) is 16.7 Å². The van der Waals surface area contributed by atoms with Gasteiger partial charge in [-0.1, -0.05) is 35.3 Å². The highest BCUT2D eigenvalue weighted by atomic mass is 35.5. The van der Waals surface area contributed by atoms with Crippen LogP contribution >= 0.6 is 23.2 Å². The second kappa shape index (κ2) is 10.0. The van der Waals surface area contributed by atoms with E-state index in [9.17, 15) is 10.1 Å². The summed E-state index contributed by atoms with van der Waals surface area (Å²) < 4.78 is 5.95. The van der Waals surface area contributed by atoms with Crippen LogP contribution in [0.2, 0.25) is 10.0 Å². The molecule has 0 radical (unpaired) electrons. The molecule has 0 spiro atoms. The van der Waals surface area contributed by atoms with Gasteiger partial charge in [-0.05, 0) is 71.2 Å². The minimum Gasteiger partial charge on any atom is -0.489 e. The molecule has 166 valence electrons. The molecule has 2 aromatic carbocycles. The van der Waals surface area contributed by atoms with Gasteiger partial charge in [0.2, 0.25) is 6.04 Å². The van der Waals surface area contributed by atoms with Gasteiger partial charge >= 0.3 is 0 Å². The molecule has 6 nitrogen and oxygen atoms in total. The zero-order chi connectivity index (χ0) is 23.4. The fourth-order valence-electron chi connectivity index (χ4n) is 4.16. The molecular formula is C25H19Cl2N3O3. The molecular weight excluding hydrogens is 461 g/mol. The Kier molecular flexibility index (Phi) is 6.93. The van der Waals surface area contributed by atoms with Crippen LogP contribution in [0.25, 0.3) is 5.57 Å². The highest BCUT2D eigenvalue weighted by molar-refractivity contribution is 6.35. The quantitative estimate of drug-likeness (QED) is 0.305. The number of nitrogens with zero attached hydrogens (tertiary/aromatic N) is 3. The summed E-state index contributed by atoms with van der Waals surface area (Å²) >= 11 is 12.5. The highest BCUT2D eigenvalue weighted by Gasteiger charge is 2.40. The molecule has 0 saturated heterocycles. The third-order valence-electron chi connectivity index (χ3n) is 5.81. The van der Waals surface area contributed by atoms with Gasteiger partial charge in [0.15, 0.2) is 0 Å². The first kappa shape index (κ1) is 22.8. The first-order chi connectivity index (χ1) is 16.0. The van der Waals surface area contributed by atoms with Gasteiger partial charge in [-0.15, -0.1) is 0 Å². The smallest absolute Gasteiger partial charge is 0.224 e. The minimum absolute atomic E-state index is 0.196. The number of rotatable bonds is 6. The van der Waals surface area contributed by atoms with Crippen molar-refractivity contribution in [3.8, 4) is 11.8 Å². The Balaban J connectivity index is 1.71. The normalized spacial score (nSPS) is 18.0. The first-order valence-corrected chi connectivity index (χ1v) is 11.0. The second-order valence-electron chi connectivity index (χ2n) is 7.78. The fourth-order valence-corrected chi connectivity index (χ4v) is 4.71. The molecule has 1 aromatic heterocycles. The Morgan fingerprint density at radius 2 is 1.94 bits per heavy atom. The van der Waals surface area contributed by atoms with Gasteiger partial charge in [-0.3, -0.25) is 15.1 Å². The lowest BCUT2D eigenvalue weighted by Crippen LogP contribution is -2.33. The third-order valence-corrected chi connectivity index (χ3v) is 6.37. The number of ether oxygens (including phenoxy) is 1. The molecule has 0 aliphatic heterocycles. The second-order valence-corrected chi connectivity index (χ2v) is 8.63. The number of pyridine rings is 1. The maximum atomic E-state index is 12.1. The van der Waals surface area contributed by atoms with Crippen molar-refractivity contribution in [2.75, 3.05) is 6.61 Å². The molecule has 8 heteroatoms. The average Bonchev–Trinajstić information content (AvgIpc) is 2.83. The van der Waals surface area contributed by atoms with Gasteiger partial charge in [0.25, 0.3) is 0 Å². The van der Waals surface area contributed by atoms with Gasteiger partial charge in [0.05, 0.1) is 17.6 Å². The number of aromatic nitrogens is 1. The molecule has 33 heavy (non-hydrogen) atoms. The van der Waals surface area contributed by atoms with E-state index in [0.29, 0.717) is 33.3 Å². The predicted octanol–water partition coefficient (Wildman–Crippen LogP) is 6.32. The highest BCUT2D eigenvalue weighted by Crippen LogP contribution is 2.44. The van der Waals surface area contributed by atoms with Crippen molar-refractivity contribution < 1.29 is 9.66 Å². The lowest BCUT2D eigenvalue weighted by atomic mass is 9.75. The predicted molar refractivity (Wildman–Crippen MR) is 127 cm³/mol. The number of hydrogen-bond acceptors (Lipinski definition) is 5. The van der Waals surface area contributed by atoms with Crippen molar-refractivity contribution in [2.45, 2.75) is 24.8 Å². The topological polar surface area (TPSA) is 89.0 Å². The molecule has 0 N–H and O–H groups in total. The minimum atomic E-state index is -0.858. The van der Waals surface area contributed by atoms with Crippen molar-refractivity contribution in [1.82, 2.24) is 4.98 Å². The average molecular weight is 480 g/mol. The van der Waals surface area contributed by atoms with E-state index in [2.05, 4.69) is 11.1 Å². The maximum Gasteiger partial charge on any atom is 0.224 e. The number of halogens is 2. The number of allylic oxidation sites excluding steroid dienone is 1. The molecule has 3 aromatic rings. The molecule has 1 aliphatic rings. The standard InChI is InChI=1S/C25H19Cl2N3O3/c26-19-5-8-21(24(27)11-19)23-12-22(17-2-1-9-29-14-17)18(10-25(23)30(31)32)15-33-20-6-3-16(13-28)4-7-20/h1-9,11,14,23,25H,10,12,15H2. The van der Waals surface area contributed by atoms with Crippen LogP contribution in [0, 0.1) is 21.4 Å². The fraction of sp³-hybridized carbons (Fsp3) is 0.200. The summed E-state index contributed by atoms with van der Waals surface area (Å²) in [6.45, 7) is 0.196. The van der Waals surface area contributed by atoms with Crippen molar-refractivity contribution in [1.29, 1.82) is 5.26 Å². The Hall–Kier alpha value is -3.40. The number of nitro groups is 1. The van der Waals surface area contributed by atoms with Crippen LogP contribution in [0.15, 0.2) is 72.6 Å². The summed E-state index contributed by atoms with van der Waals surface area (Å²) in [7, 11) is 0. The Morgan fingerprint density at radius 1 is 1.15 bits per heavy atom. The van der Waals surface area contributed by atoms with Gasteiger partial charge in [-0.2, -0.15) is 5.26 Å². The maximum absolute atomic E-state index is 12.1. The number of benzene rings is 2. The molecule has 0 saturated carbocycles. The zero-order valence-electron chi connectivity index (χ0n) is 17.4. The van der Waals surface area contributed by atoms with E-state index in [1.54, 1.807) is 54.9 Å². The first-order valence-electron chi connectivity index (χ1n) is 10.3. The summed E-state index contributed by atoms with van der Waals surface area (Å²) in [5.74, 6) is 0.172. The van der Waals surface area contributed by atoms with E-state index < -0.39 is 12.0 Å². The summed E-state index contributed by atoms with van der Waals surface area (Å²) in [6, 6.07) is 16.9. The lowest BCUT2D eigenvalue weighted by Gasteiger charge is -2.31. The molecule has 0 bridgehead atoms. The molecule has 2 atom stereocenters. The summed E-state index contributed by atoms with van der Waals surface area (Å²) in [6.07, 6.45) is 4.08. The van der Waals surface area contributed by atoms with E-state index in [-0.39, 0.29) is 18.0 Å².